The Morgan fingerprint density at radius 1 is 1.31 bits per heavy atom. The minimum Gasteiger partial charge on any atom is -0.611 e. The molecule has 152 valence electrons. The molecule has 6 nitrogen and oxygen atoms in total. The number of aryl methyl sites for hydroxylation is 1. The molecule has 0 bridgehead atoms. The Morgan fingerprint density at radius 2 is 2.07 bits per heavy atom. The minimum atomic E-state index is -0.993. The fourth-order valence-electron chi connectivity index (χ4n) is 3.85. The summed E-state index contributed by atoms with van der Waals surface area (Å²) in [4.78, 5) is 22.6. The van der Waals surface area contributed by atoms with Crippen LogP contribution in [0.2, 0.25) is 5.02 Å². The van der Waals surface area contributed by atoms with Crippen LogP contribution >= 0.6 is 11.6 Å². The second kappa shape index (κ2) is 8.34. The van der Waals surface area contributed by atoms with E-state index in [-0.39, 0.29) is 16.6 Å². The van der Waals surface area contributed by atoms with Crippen LogP contribution in [0.15, 0.2) is 40.2 Å². The van der Waals surface area contributed by atoms with Crippen molar-refractivity contribution in [1.82, 2.24) is 14.5 Å². The molecule has 4 rings (SSSR count). The molecule has 1 saturated carbocycles. The van der Waals surface area contributed by atoms with E-state index in [1.165, 1.54) is 0 Å². The Labute approximate surface area is 177 Å². The summed E-state index contributed by atoms with van der Waals surface area (Å²) in [5, 5.41) is 4.18. The van der Waals surface area contributed by atoms with Crippen LogP contribution in [0.25, 0.3) is 11.0 Å². The number of hydrogen-bond donors (Lipinski definition) is 1. The third-order valence-corrected chi connectivity index (χ3v) is 6.96. The Hall–Kier alpha value is -2.09. The quantitative estimate of drug-likeness (QED) is 0.591. The molecule has 1 fully saturated rings. The summed E-state index contributed by atoms with van der Waals surface area (Å²) in [6.45, 7) is 3.85. The number of pyridine rings is 1. The van der Waals surface area contributed by atoms with E-state index in [1.54, 1.807) is 16.8 Å². The summed E-state index contributed by atoms with van der Waals surface area (Å²) < 4.78 is 13.8. The van der Waals surface area contributed by atoms with E-state index in [0.29, 0.717) is 17.3 Å². The largest absolute Gasteiger partial charge is 0.611 e. The second-order valence-corrected chi connectivity index (χ2v) is 9.46. The van der Waals surface area contributed by atoms with E-state index < -0.39 is 11.2 Å². The van der Waals surface area contributed by atoms with Gasteiger partial charge in [-0.25, -0.2) is 4.98 Å². The van der Waals surface area contributed by atoms with Crippen molar-refractivity contribution >= 4 is 45.4 Å². The molecule has 1 unspecified atom stereocenters. The normalized spacial score (nSPS) is 15.7. The van der Waals surface area contributed by atoms with Crippen molar-refractivity contribution in [3.05, 3.63) is 51.4 Å². The van der Waals surface area contributed by atoms with Gasteiger partial charge in [-0.05, 0) is 67.7 Å². The van der Waals surface area contributed by atoms with Gasteiger partial charge < -0.3 is 9.87 Å². The summed E-state index contributed by atoms with van der Waals surface area (Å²) in [5.41, 5.74) is 2.20. The van der Waals surface area contributed by atoms with Crippen molar-refractivity contribution in [3.8, 4) is 0 Å². The average molecular weight is 431 g/mol. The zero-order valence-electron chi connectivity index (χ0n) is 16.4. The molecule has 1 aliphatic rings. The molecule has 1 N–H and O–H groups in total. The molecule has 8 heteroatoms. The lowest BCUT2D eigenvalue weighted by Gasteiger charge is -2.17. The average Bonchev–Trinajstić information content (AvgIpc) is 3.24. The number of nitrogens with zero attached hydrogens (tertiary/aromatic N) is 3. The highest BCUT2D eigenvalue weighted by molar-refractivity contribution is 7.91. The van der Waals surface area contributed by atoms with Gasteiger partial charge in [0.25, 0.3) is 5.56 Å². The summed E-state index contributed by atoms with van der Waals surface area (Å²) in [6.07, 6.45) is 5.81. The van der Waals surface area contributed by atoms with E-state index in [9.17, 15) is 9.35 Å². The zero-order valence-corrected chi connectivity index (χ0v) is 18.0. The SMILES string of the molecule is CC[S+]([O-])c1ccc(Nc2ncc3cc(Cl)c(=O)n(C4CCCC4)c3n2)c(C)c1. The third-order valence-electron chi connectivity index (χ3n) is 5.39. The fourth-order valence-corrected chi connectivity index (χ4v) is 4.92. The summed E-state index contributed by atoms with van der Waals surface area (Å²) >= 11 is 5.19. The van der Waals surface area contributed by atoms with Gasteiger partial charge in [0, 0.05) is 23.3 Å². The van der Waals surface area contributed by atoms with Crippen LogP contribution < -0.4 is 10.9 Å². The highest BCUT2D eigenvalue weighted by Gasteiger charge is 2.22. The van der Waals surface area contributed by atoms with Crippen molar-refractivity contribution in [1.29, 1.82) is 0 Å². The van der Waals surface area contributed by atoms with Gasteiger partial charge in [-0.15, -0.1) is 0 Å². The van der Waals surface area contributed by atoms with Crippen molar-refractivity contribution in [2.45, 2.75) is 50.5 Å². The number of rotatable bonds is 5. The molecule has 0 aliphatic heterocycles. The van der Waals surface area contributed by atoms with Gasteiger partial charge >= 0.3 is 0 Å². The molecule has 1 aromatic carbocycles. The maximum Gasteiger partial charge on any atom is 0.271 e. The fraction of sp³-hybridized carbons (Fsp3) is 0.381. The van der Waals surface area contributed by atoms with Crippen LogP contribution in [0.3, 0.4) is 0 Å². The molecule has 1 aliphatic carbocycles. The van der Waals surface area contributed by atoms with E-state index in [1.807, 2.05) is 32.0 Å². The smallest absolute Gasteiger partial charge is 0.271 e. The van der Waals surface area contributed by atoms with E-state index in [0.717, 1.165) is 47.2 Å². The number of benzene rings is 1. The van der Waals surface area contributed by atoms with Crippen molar-refractivity contribution in [2.24, 2.45) is 0 Å². The number of nitrogens with one attached hydrogen (secondary N) is 1. The van der Waals surface area contributed by atoms with Gasteiger partial charge in [-0.3, -0.25) is 9.36 Å². The molecule has 1 atom stereocenters. The van der Waals surface area contributed by atoms with Crippen LogP contribution in [0, 0.1) is 6.92 Å². The molecule has 2 heterocycles. The molecule has 29 heavy (non-hydrogen) atoms. The second-order valence-electron chi connectivity index (χ2n) is 7.31. The maximum absolute atomic E-state index is 12.7. The summed E-state index contributed by atoms with van der Waals surface area (Å²) in [6, 6.07) is 7.41. The number of anilines is 2. The third kappa shape index (κ3) is 3.99. The first kappa shape index (κ1) is 20.2. The number of hydrogen-bond acceptors (Lipinski definition) is 5. The molecule has 0 amide bonds. The summed E-state index contributed by atoms with van der Waals surface area (Å²) in [7, 11) is 0. The van der Waals surface area contributed by atoms with Gasteiger partial charge in [0.05, 0.1) is 0 Å². The lowest BCUT2D eigenvalue weighted by Crippen LogP contribution is -2.25. The molecule has 3 aromatic rings. The Bertz CT molecular complexity index is 1110. The predicted octanol–water partition coefficient (Wildman–Crippen LogP) is 4.74. The van der Waals surface area contributed by atoms with E-state index >= 15 is 0 Å². The maximum atomic E-state index is 12.7. The van der Waals surface area contributed by atoms with Gasteiger partial charge in [-0.1, -0.05) is 24.4 Å². The first-order chi connectivity index (χ1) is 14.0. The van der Waals surface area contributed by atoms with Crippen LogP contribution in [0.5, 0.6) is 0 Å². The molecular formula is C21H23ClN4O2S. The highest BCUT2D eigenvalue weighted by atomic mass is 35.5. The van der Waals surface area contributed by atoms with Gasteiger partial charge in [0.15, 0.2) is 4.90 Å². The van der Waals surface area contributed by atoms with Crippen LogP contribution in [0.1, 0.15) is 44.2 Å². The van der Waals surface area contributed by atoms with Crippen molar-refractivity contribution < 1.29 is 4.55 Å². The molecule has 0 spiro atoms. The van der Waals surface area contributed by atoms with Crippen LogP contribution in [0.4, 0.5) is 11.6 Å². The van der Waals surface area contributed by atoms with Gasteiger partial charge in [0.1, 0.15) is 16.4 Å². The Balaban J connectivity index is 1.73. The van der Waals surface area contributed by atoms with Gasteiger partial charge in [0.2, 0.25) is 5.95 Å². The lowest BCUT2D eigenvalue weighted by atomic mass is 10.2. The first-order valence-electron chi connectivity index (χ1n) is 9.81. The van der Waals surface area contributed by atoms with Crippen molar-refractivity contribution in [2.75, 3.05) is 11.1 Å². The standard InChI is InChI=1S/C21H23ClN4O2S/c1-3-29(28)16-8-9-18(13(2)10-16)24-21-23-12-14-11-17(22)20(27)26(19(14)25-21)15-6-4-5-7-15/h8-12,15H,3-7H2,1-2H3,(H,23,24,25). The van der Waals surface area contributed by atoms with Crippen molar-refractivity contribution in [3.63, 3.8) is 0 Å². The minimum absolute atomic E-state index is 0.122. The Morgan fingerprint density at radius 3 is 2.76 bits per heavy atom. The Kier molecular flexibility index (Phi) is 5.81. The molecule has 0 saturated heterocycles. The summed E-state index contributed by atoms with van der Waals surface area (Å²) in [5.74, 6) is 1.000. The number of fused-ring (bicyclic) bond motifs is 1. The van der Waals surface area contributed by atoms with Crippen LogP contribution in [-0.4, -0.2) is 24.8 Å². The topological polar surface area (TPSA) is 82.9 Å². The first-order valence-corrected chi connectivity index (χ1v) is 11.5. The van der Waals surface area contributed by atoms with E-state index in [4.69, 9.17) is 11.6 Å². The molecular weight excluding hydrogens is 408 g/mol. The molecule has 2 aromatic heterocycles. The predicted molar refractivity (Wildman–Crippen MR) is 118 cm³/mol. The lowest BCUT2D eigenvalue weighted by molar-refractivity contribution is 0.516. The number of halogens is 1. The van der Waals surface area contributed by atoms with Crippen LogP contribution in [-0.2, 0) is 11.2 Å². The highest BCUT2D eigenvalue weighted by Crippen LogP contribution is 2.31. The number of aromatic nitrogens is 3. The monoisotopic (exact) mass is 430 g/mol. The molecule has 0 radical (unpaired) electrons. The van der Waals surface area contributed by atoms with Gasteiger partial charge in [-0.2, -0.15) is 4.98 Å². The van der Waals surface area contributed by atoms with E-state index in [2.05, 4.69) is 15.3 Å². The zero-order chi connectivity index (χ0) is 20.5.